The van der Waals surface area contributed by atoms with Crippen LogP contribution in [0.2, 0.25) is 0 Å². The predicted octanol–water partition coefficient (Wildman–Crippen LogP) is 5.23. The highest BCUT2D eigenvalue weighted by Crippen LogP contribution is 2.39. The monoisotopic (exact) mass is 601 g/mol. The Morgan fingerprint density at radius 3 is 2.55 bits per heavy atom. The minimum absolute atomic E-state index is 0.0159. The molecule has 11 nitrogen and oxygen atoms in total. The van der Waals surface area contributed by atoms with E-state index in [0.717, 1.165) is 22.8 Å². The van der Waals surface area contributed by atoms with Crippen LogP contribution in [-0.4, -0.2) is 78.8 Å². The van der Waals surface area contributed by atoms with Crippen molar-refractivity contribution in [1.82, 2.24) is 19.4 Å². The molecule has 0 radical (unpaired) electrons. The fourth-order valence-electron chi connectivity index (χ4n) is 5.25. The normalized spacial score (nSPS) is 13.2. The number of aromatic nitrogens is 3. The van der Waals surface area contributed by atoms with Crippen LogP contribution in [0, 0.1) is 5.82 Å². The van der Waals surface area contributed by atoms with Crippen molar-refractivity contribution in [2.75, 3.05) is 63.0 Å². The van der Waals surface area contributed by atoms with Gasteiger partial charge in [-0.1, -0.05) is 18.7 Å². The molecule has 1 aliphatic heterocycles. The summed E-state index contributed by atoms with van der Waals surface area (Å²) in [6.45, 7) is 9.96. The Labute approximate surface area is 255 Å². The zero-order chi connectivity index (χ0) is 31.5. The molecule has 2 amide bonds. The van der Waals surface area contributed by atoms with Crippen molar-refractivity contribution < 1.29 is 23.5 Å². The number of fused-ring (bicyclic) bond motifs is 1. The van der Waals surface area contributed by atoms with Gasteiger partial charge in [-0.3, -0.25) is 9.59 Å². The van der Waals surface area contributed by atoms with E-state index in [1.165, 1.54) is 18.1 Å². The largest absolute Gasteiger partial charge is 0.494 e. The molecule has 0 bridgehead atoms. The number of morpholine rings is 1. The number of nitrogens with zero attached hydrogens (tertiary/aromatic N) is 5. The maximum Gasteiger partial charge on any atom is 0.270 e. The molecule has 5 rings (SSSR count). The fourth-order valence-corrected chi connectivity index (χ4v) is 5.25. The second-order valence-electron chi connectivity index (χ2n) is 10.8. The lowest BCUT2D eigenvalue weighted by molar-refractivity contribution is -0.111. The van der Waals surface area contributed by atoms with Crippen LogP contribution in [0.4, 0.5) is 27.4 Å². The van der Waals surface area contributed by atoms with Gasteiger partial charge in [0.25, 0.3) is 5.91 Å². The number of ether oxygens (including phenoxy) is 2. The van der Waals surface area contributed by atoms with Crippen molar-refractivity contribution in [3.8, 4) is 17.0 Å². The summed E-state index contributed by atoms with van der Waals surface area (Å²) in [5.41, 5.74) is 3.72. The number of nitrogens with one attached hydrogen (secondary N) is 2. The number of halogens is 1. The molecule has 0 spiro atoms. The quantitative estimate of drug-likeness (QED) is 0.251. The third-order valence-electron chi connectivity index (χ3n) is 7.36. The number of hydrogen-bond donors (Lipinski definition) is 2. The standard InChI is InChI=1S/C32H36FN7O4/c1-7-29(41)35-23-16-24(28(43-6)17-26(23)39-10-12-44-13-11-39)36-32-34-18-22(33)30(37-32)21-9-8-20-14-27(31(42)38(4)5)40(19(2)3)25(20)15-21/h7-9,14-19H,1,10-13H2,2-6H3,(H,35,41)(H,34,36,37). The third kappa shape index (κ3) is 6.06. The maximum absolute atomic E-state index is 15.2. The molecule has 1 saturated heterocycles. The number of carbonyl (C=O) groups is 2. The van der Waals surface area contributed by atoms with E-state index in [1.807, 2.05) is 42.7 Å². The van der Waals surface area contributed by atoms with Gasteiger partial charge in [0.2, 0.25) is 11.9 Å². The minimum Gasteiger partial charge on any atom is -0.494 e. The van der Waals surface area contributed by atoms with E-state index in [-0.39, 0.29) is 29.5 Å². The van der Waals surface area contributed by atoms with E-state index in [0.29, 0.717) is 54.7 Å². The predicted molar refractivity (Wildman–Crippen MR) is 169 cm³/mol. The summed E-state index contributed by atoms with van der Waals surface area (Å²) in [7, 11) is 4.96. The summed E-state index contributed by atoms with van der Waals surface area (Å²) in [5.74, 6) is -0.480. The number of benzene rings is 2. The van der Waals surface area contributed by atoms with Gasteiger partial charge in [-0.2, -0.15) is 0 Å². The van der Waals surface area contributed by atoms with Gasteiger partial charge in [0.15, 0.2) is 5.82 Å². The molecular formula is C32H36FN7O4. The van der Waals surface area contributed by atoms with Gasteiger partial charge in [-0.25, -0.2) is 14.4 Å². The summed E-state index contributed by atoms with van der Waals surface area (Å²) in [4.78, 5) is 37.5. The van der Waals surface area contributed by atoms with Crippen molar-refractivity contribution in [1.29, 1.82) is 0 Å². The van der Waals surface area contributed by atoms with Gasteiger partial charge in [0.05, 0.1) is 43.6 Å². The summed E-state index contributed by atoms with van der Waals surface area (Å²) in [6, 6.07) is 10.8. The van der Waals surface area contributed by atoms with E-state index in [4.69, 9.17) is 9.47 Å². The van der Waals surface area contributed by atoms with Crippen LogP contribution in [0.1, 0.15) is 30.4 Å². The Bertz CT molecular complexity index is 1730. The lowest BCUT2D eigenvalue weighted by Gasteiger charge is -2.31. The molecule has 0 unspecified atom stereocenters. The van der Waals surface area contributed by atoms with E-state index >= 15 is 4.39 Å². The van der Waals surface area contributed by atoms with Crippen LogP contribution >= 0.6 is 0 Å². The second kappa shape index (κ2) is 12.7. The molecule has 0 aliphatic carbocycles. The lowest BCUT2D eigenvalue weighted by atomic mass is 10.1. The van der Waals surface area contributed by atoms with E-state index in [2.05, 4.69) is 32.1 Å². The van der Waals surface area contributed by atoms with E-state index in [9.17, 15) is 9.59 Å². The van der Waals surface area contributed by atoms with Crippen molar-refractivity contribution >= 4 is 45.7 Å². The average molecular weight is 602 g/mol. The smallest absolute Gasteiger partial charge is 0.270 e. The van der Waals surface area contributed by atoms with Crippen LogP contribution in [0.3, 0.4) is 0 Å². The molecule has 2 aromatic heterocycles. The van der Waals surface area contributed by atoms with Gasteiger partial charge in [-0.15, -0.1) is 0 Å². The Hall–Kier alpha value is -4.97. The van der Waals surface area contributed by atoms with E-state index in [1.54, 1.807) is 26.2 Å². The molecular weight excluding hydrogens is 565 g/mol. The fraction of sp³-hybridized carbons (Fsp3) is 0.312. The zero-order valence-corrected chi connectivity index (χ0v) is 25.5. The van der Waals surface area contributed by atoms with Gasteiger partial charge >= 0.3 is 0 Å². The van der Waals surface area contributed by atoms with Gasteiger partial charge < -0.3 is 34.5 Å². The maximum atomic E-state index is 15.2. The number of amides is 2. The summed E-state index contributed by atoms with van der Waals surface area (Å²) in [5, 5.41) is 6.86. The van der Waals surface area contributed by atoms with Crippen LogP contribution in [0.25, 0.3) is 22.2 Å². The first-order valence-electron chi connectivity index (χ1n) is 14.3. The first-order chi connectivity index (χ1) is 21.1. The van der Waals surface area contributed by atoms with Gasteiger partial charge in [0.1, 0.15) is 17.1 Å². The second-order valence-corrected chi connectivity index (χ2v) is 10.8. The Balaban J connectivity index is 1.54. The number of carbonyl (C=O) groups excluding carboxylic acids is 2. The zero-order valence-electron chi connectivity index (χ0n) is 25.5. The summed E-state index contributed by atoms with van der Waals surface area (Å²) < 4.78 is 28.3. The Morgan fingerprint density at radius 1 is 1.14 bits per heavy atom. The third-order valence-corrected chi connectivity index (χ3v) is 7.36. The number of anilines is 4. The first-order valence-corrected chi connectivity index (χ1v) is 14.3. The van der Waals surface area contributed by atoms with Crippen LogP contribution in [-0.2, 0) is 9.53 Å². The Kier molecular flexibility index (Phi) is 8.81. The molecule has 44 heavy (non-hydrogen) atoms. The van der Waals surface area contributed by atoms with Gasteiger partial charge in [0, 0.05) is 55.8 Å². The molecule has 1 fully saturated rings. The highest BCUT2D eigenvalue weighted by atomic mass is 19.1. The highest BCUT2D eigenvalue weighted by molar-refractivity contribution is 6.02. The van der Waals surface area contributed by atoms with Crippen LogP contribution in [0.15, 0.2) is 55.3 Å². The van der Waals surface area contributed by atoms with Crippen molar-refractivity contribution in [3.63, 3.8) is 0 Å². The Morgan fingerprint density at radius 2 is 1.89 bits per heavy atom. The molecule has 3 heterocycles. The van der Waals surface area contributed by atoms with Gasteiger partial charge in [-0.05, 0) is 38.1 Å². The summed E-state index contributed by atoms with van der Waals surface area (Å²) >= 11 is 0. The number of hydrogen-bond acceptors (Lipinski definition) is 8. The van der Waals surface area contributed by atoms with Crippen LogP contribution < -0.4 is 20.3 Å². The molecule has 230 valence electrons. The molecule has 1 aliphatic rings. The summed E-state index contributed by atoms with van der Waals surface area (Å²) in [6.07, 6.45) is 2.30. The van der Waals surface area contributed by atoms with Crippen molar-refractivity contribution in [2.45, 2.75) is 19.9 Å². The highest BCUT2D eigenvalue weighted by Gasteiger charge is 2.22. The van der Waals surface area contributed by atoms with Crippen molar-refractivity contribution in [2.24, 2.45) is 0 Å². The first kappa shape index (κ1) is 30.5. The lowest BCUT2D eigenvalue weighted by Crippen LogP contribution is -2.36. The minimum atomic E-state index is -0.601. The van der Waals surface area contributed by atoms with E-state index < -0.39 is 5.82 Å². The number of rotatable bonds is 9. The number of methoxy groups -OCH3 is 1. The molecule has 4 aromatic rings. The van der Waals surface area contributed by atoms with Crippen molar-refractivity contribution in [3.05, 3.63) is 66.8 Å². The topological polar surface area (TPSA) is 114 Å². The van der Waals surface area contributed by atoms with Crippen LogP contribution in [0.5, 0.6) is 5.75 Å². The molecule has 12 heteroatoms. The molecule has 0 atom stereocenters. The average Bonchev–Trinajstić information content (AvgIpc) is 3.41. The molecule has 2 N–H and O–H groups in total. The molecule has 2 aromatic carbocycles. The SMILES string of the molecule is C=CC(=O)Nc1cc(Nc2ncc(F)c(-c3ccc4cc(C(=O)N(C)C)n(C(C)C)c4c3)n2)c(OC)cc1N1CCOCC1. The molecule has 0 saturated carbocycles.